The van der Waals surface area contributed by atoms with Gasteiger partial charge in [-0.15, -0.1) is 0 Å². The number of primary sulfonamides is 1. The molecule has 3 rings (SSSR count). The van der Waals surface area contributed by atoms with Crippen LogP contribution < -0.4 is 20.5 Å². The second-order valence-corrected chi connectivity index (χ2v) is 9.66. The van der Waals surface area contributed by atoms with Crippen LogP contribution in [0.3, 0.4) is 0 Å². The molecule has 2 aromatic rings. The highest BCUT2D eigenvalue weighted by Crippen LogP contribution is 2.23. The zero-order chi connectivity index (χ0) is 22.6. The van der Waals surface area contributed by atoms with E-state index in [2.05, 4.69) is 25.3 Å². The molecule has 0 unspecified atom stereocenters. The molecule has 0 atom stereocenters. The molecule has 0 saturated heterocycles. The van der Waals surface area contributed by atoms with Crippen molar-refractivity contribution in [3.05, 3.63) is 71.2 Å². The first-order chi connectivity index (χ1) is 14.6. The fraction of sp³-hybridized carbons (Fsp3) is 0.111. The SMILES string of the molecule is CNS(=O)(=O)c1cccc(Nc2nc(NC3=CC(=CS(N)(=O)=O)CC=C3)ncc2F)c1. The van der Waals surface area contributed by atoms with Crippen LogP contribution in [-0.4, -0.2) is 33.9 Å². The number of hydrogen-bond donors (Lipinski definition) is 4. The van der Waals surface area contributed by atoms with Crippen molar-refractivity contribution in [3.8, 4) is 0 Å². The van der Waals surface area contributed by atoms with E-state index in [1.54, 1.807) is 24.3 Å². The average molecular weight is 467 g/mol. The minimum absolute atomic E-state index is 0.000478. The van der Waals surface area contributed by atoms with E-state index in [0.29, 0.717) is 23.4 Å². The number of halogens is 1. The molecule has 0 fully saturated rings. The summed E-state index contributed by atoms with van der Waals surface area (Å²) in [5.74, 6) is -0.900. The Labute approximate surface area is 178 Å². The van der Waals surface area contributed by atoms with E-state index >= 15 is 0 Å². The van der Waals surface area contributed by atoms with Crippen LogP contribution in [0.5, 0.6) is 0 Å². The van der Waals surface area contributed by atoms with Crippen molar-refractivity contribution in [2.45, 2.75) is 11.3 Å². The first-order valence-electron chi connectivity index (χ1n) is 8.77. The molecule has 1 heterocycles. The predicted octanol–water partition coefficient (Wildman–Crippen LogP) is 1.70. The third kappa shape index (κ3) is 6.18. The van der Waals surface area contributed by atoms with E-state index in [0.717, 1.165) is 11.6 Å². The van der Waals surface area contributed by atoms with Gasteiger partial charge in [0.2, 0.25) is 26.0 Å². The van der Waals surface area contributed by atoms with Gasteiger partial charge in [0, 0.05) is 16.8 Å². The van der Waals surface area contributed by atoms with Crippen molar-refractivity contribution in [1.82, 2.24) is 14.7 Å². The van der Waals surface area contributed by atoms with Crippen LogP contribution in [-0.2, 0) is 20.0 Å². The Morgan fingerprint density at radius 2 is 1.97 bits per heavy atom. The van der Waals surface area contributed by atoms with Crippen molar-refractivity contribution in [2.24, 2.45) is 5.14 Å². The molecule has 1 aromatic carbocycles. The van der Waals surface area contributed by atoms with E-state index in [4.69, 9.17) is 5.14 Å². The monoisotopic (exact) mass is 466 g/mol. The van der Waals surface area contributed by atoms with Crippen molar-refractivity contribution >= 4 is 37.5 Å². The molecule has 31 heavy (non-hydrogen) atoms. The highest BCUT2D eigenvalue weighted by Gasteiger charge is 2.14. The van der Waals surface area contributed by atoms with Gasteiger partial charge < -0.3 is 10.6 Å². The highest BCUT2D eigenvalue weighted by atomic mass is 32.2. The van der Waals surface area contributed by atoms with Crippen LogP contribution in [0.1, 0.15) is 6.42 Å². The zero-order valence-electron chi connectivity index (χ0n) is 16.2. The van der Waals surface area contributed by atoms with Crippen LogP contribution in [0, 0.1) is 5.82 Å². The summed E-state index contributed by atoms with van der Waals surface area (Å²) < 4.78 is 62.8. The van der Waals surface area contributed by atoms with Gasteiger partial charge in [-0.05, 0) is 49.4 Å². The van der Waals surface area contributed by atoms with Crippen molar-refractivity contribution in [1.29, 1.82) is 0 Å². The number of sulfonamides is 2. The lowest BCUT2D eigenvalue weighted by atomic mass is 10.1. The van der Waals surface area contributed by atoms with Crippen LogP contribution in [0.15, 0.2) is 70.3 Å². The second-order valence-electron chi connectivity index (χ2n) is 6.36. The molecule has 1 aliphatic rings. The van der Waals surface area contributed by atoms with Crippen molar-refractivity contribution in [3.63, 3.8) is 0 Å². The summed E-state index contributed by atoms with van der Waals surface area (Å²) in [6.07, 6.45) is 6.28. The maximum atomic E-state index is 14.2. The van der Waals surface area contributed by atoms with Gasteiger partial charge in [-0.25, -0.2) is 36.1 Å². The second kappa shape index (κ2) is 8.93. The third-order valence-corrected chi connectivity index (χ3v) is 6.03. The Kier molecular flexibility index (Phi) is 6.50. The predicted molar refractivity (Wildman–Crippen MR) is 115 cm³/mol. The largest absolute Gasteiger partial charge is 0.338 e. The summed E-state index contributed by atoms with van der Waals surface area (Å²) in [5.41, 5.74) is 1.23. The van der Waals surface area contributed by atoms with E-state index in [1.807, 2.05) is 0 Å². The Hall–Kier alpha value is -3.13. The molecular formula is C18H19FN6O4S2. The lowest BCUT2D eigenvalue weighted by Crippen LogP contribution is -2.18. The van der Waals surface area contributed by atoms with Gasteiger partial charge in [0.25, 0.3) is 0 Å². The summed E-state index contributed by atoms with van der Waals surface area (Å²) in [4.78, 5) is 7.93. The summed E-state index contributed by atoms with van der Waals surface area (Å²) >= 11 is 0. The number of nitrogens with one attached hydrogen (secondary N) is 3. The van der Waals surface area contributed by atoms with E-state index < -0.39 is 25.9 Å². The molecule has 10 nitrogen and oxygen atoms in total. The number of anilines is 3. The molecule has 1 aromatic heterocycles. The number of nitrogens with zero attached hydrogens (tertiary/aromatic N) is 2. The maximum Gasteiger partial charge on any atom is 0.240 e. The highest BCUT2D eigenvalue weighted by molar-refractivity contribution is 7.92. The zero-order valence-corrected chi connectivity index (χ0v) is 17.8. The fourth-order valence-electron chi connectivity index (χ4n) is 2.64. The molecule has 0 saturated carbocycles. The Bertz CT molecular complexity index is 1300. The van der Waals surface area contributed by atoms with Crippen LogP contribution >= 0.6 is 0 Å². The summed E-state index contributed by atoms with van der Waals surface area (Å²) in [6.45, 7) is 0. The fourth-order valence-corrected chi connectivity index (χ4v) is 4.00. The Balaban J connectivity index is 1.84. The van der Waals surface area contributed by atoms with Crippen LogP contribution in [0.25, 0.3) is 0 Å². The molecule has 0 spiro atoms. The average Bonchev–Trinajstić information content (AvgIpc) is 2.70. The normalized spacial score (nSPS) is 15.6. The Morgan fingerprint density at radius 3 is 2.68 bits per heavy atom. The van der Waals surface area contributed by atoms with Gasteiger partial charge in [-0.2, -0.15) is 4.98 Å². The molecule has 0 aliphatic heterocycles. The standard InChI is InChI=1S/C18H19FN6O4S2/c1-21-31(28,29)15-7-3-6-14(9-15)23-17-16(19)10-22-18(25-17)24-13-5-2-4-12(8-13)11-30(20,26)27/h2-3,5-11,21H,4H2,1H3,(H2,20,26,27)(H2,22,23,24,25). The van der Waals surface area contributed by atoms with Gasteiger partial charge >= 0.3 is 0 Å². The molecule has 0 radical (unpaired) electrons. The lowest BCUT2D eigenvalue weighted by Gasteiger charge is -2.13. The lowest BCUT2D eigenvalue weighted by molar-refractivity contribution is 0.588. The number of aromatic nitrogens is 2. The summed E-state index contributed by atoms with van der Waals surface area (Å²) in [5, 5.41) is 11.6. The first-order valence-corrected chi connectivity index (χ1v) is 11.9. The molecule has 1 aliphatic carbocycles. The number of rotatable bonds is 7. The summed E-state index contributed by atoms with van der Waals surface area (Å²) in [7, 11) is -6.17. The quantitative estimate of drug-likeness (QED) is 0.480. The van der Waals surface area contributed by atoms with Gasteiger partial charge in [0.15, 0.2) is 11.6 Å². The maximum absolute atomic E-state index is 14.2. The van der Waals surface area contributed by atoms with Gasteiger partial charge in [0.1, 0.15) is 0 Å². The van der Waals surface area contributed by atoms with Crippen molar-refractivity contribution < 1.29 is 21.2 Å². The Morgan fingerprint density at radius 1 is 1.19 bits per heavy atom. The van der Waals surface area contributed by atoms with Gasteiger partial charge in [0.05, 0.1) is 11.1 Å². The molecule has 13 heteroatoms. The number of allylic oxidation sites excluding steroid dienone is 4. The topological polar surface area (TPSA) is 156 Å². The smallest absolute Gasteiger partial charge is 0.240 e. The third-order valence-electron chi connectivity index (χ3n) is 3.98. The number of nitrogens with two attached hydrogens (primary N) is 1. The van der Waals surface area contributed by atoms with E-state index in [-0.39, 0.29) is 16.7 Å². The molecule has 0 amide bonds. The van der Waals surface area contributed by atoms with Crippen molar-refractivity contribution in [2.75, 3.05) is 17.7 Å². The molecule has 164 valence electrons. The molecule has 0 bridgehead atoms. The first kappa shape index (κ1) is 22.6. The number of benzene rings is 1. The van der Waals surface area contributed by atoms with Gasteiger partial charge in [-0.1, -0.05) is 12.1 Å². The minimum atomic E-state index is -3.79. The number of hydrogen-bond acceptors (Lipinski definition) is 8. The van der Waals surface area contributed by atoms with Crippen LogP contribution in [0.4, 0.5) is 21.8 Å². The summed E-state index contributed by atoms with van der Waals surface area (Å²) in [6, 6.07) is 5.79. The van der Waals surface area contributed by atoms with E-state index in [1.165, 1.54) is 25.2 Å². The van der Waals surface area contributed by atoms with Gasteiger partial charge in [-0.3, -0.25) is 0 Å². The molecular weight excluding hydrogens is 447 g/mol. The van der Waals surface area contributed by atoms with Crippen LogP contribution in [0.2, 0.25) is 0 Å². The molecule has 5 N–H and O–H groups in total. The van der Waals surface area contributed by atoms with E-state index in [9.17, 15) is 21.2 Å². The minimum Gasteiger partial charge on any atom is -0.338 e.